The Kier molecular flexibility index (Phi) is 2.97. The van der Waals surface area contributed by atoms with Crippen LogP contribution in [0.4, 0.5) is 0 Å². The molecule has 2 nitrogen and oxygen atoms in total. The fourth-order valence-corrected chi connectivity index (χ4v) is 2.58. The van der Waals surface area contributed by atoms with Crippen molar-refractivity contribution in [1.29, 1.82) is 0 Å². The van der Waals surface area contributed by atoms with Crippen LogP contribution in [0.5, 0.6) is 0 Å². The summed E-state index contributed by atoms with van der Waals surface area (Å²) in [6, 6.07) is 8.09. The number of thiazole rings is 1. The topological polar surface area (TPSA) is 22.0 Å². The minimum Gasteiger partial charge on any atom is -0.272 e. The Morgan fingerprint density at radius 1 is 1.25 bits per heavy atom. The second-order valence-corrected chi connectivity index (χ2v) is 5.01. The van der Waals surface area contributed by atoms with Gasteiger partial charge in [0.15, 0.2) is 0 Å². The van der Waals surface area contributed by atoms with E-state index in [1.165, 1.54) is 16.9 Å². The molecule has 0 radical (unpaired) electrons. The summed E-state index contributed by atoms with van der Waals surface area (Å²) in [5.41, 5.74) is 3.23. The lowest BCUT2D eigenvalue weighted by atomic mass is 10.0. The Labute approximate surface area is 99.2 Å². The van der Waals surface area contributed by atoms with Gasteiger partial charge in [0.05, 0.1) is 5.69 Å². The molecule has 2 aromatic rings. The summed E-state index contributed by atoms with van der Waals surface area (Å²) in [7, 11) is 0. The van der Waals surface area contributed by atoms with Gasteiger partial charge in [0.25, 0.3) is 0 Å². The highest BCUT2D eigenvalue weighted by Gasteiger charge is 2.11. The molecule has 84 valence electrons. The van der Waals surface area contributed by atoms with Gasteiger partial charge in [0, 0.05) is 11.1 Å². The smallest absolute Gasteiger partial charge is 0.272 e. The minimum absolute atomic E-state index is 0.0885. The molecule has 0 bridgehead atoms. The van der Waals surface area contributed by atoms with E-state index in [-0.39, 0.29) is 4.87 Å². The molecule has 1 aromatic carbocycles. The van der Waals surface area contributed by atoms with Crippen molar-refractivity contribution in [1.82, 2.24) is 4.57 Å². The summed E-state index contributed by atoms with van der Waals surface area (Å²) in [4.78, 5) is 11.9. The molecular weight excluding hydrogens is 218 g/mol. The third kappa shape index (κ3) is 1.83. The number of aryl methyl sites for hydroxylation is 1. The van der Waals surface area contributed by atoms with E-state index in [0.29, 0.717) is 5.92 Å². The van der Waals surface area contributed by atoms with Gasteiger partial charge in [0.1, 0.15) is 0 Å². The molecule has 0 spiro atoms. The summed E-state index contributed by atoms with van der Waals surface area (Å²) in [6.07, 6.45) is 0. The van der Waals surface area contributed by atoms with Crippen LogP contribution in [0, 0.1) is 6.92 Å². The highest BCUT2D eigenvalue weighted by molar-refractivity contribution is 7.07. The zero-order valence-corrected chi connectivity index (χ0v) is 10.5. The Hall–Kier alpha value is -1.35. The lowest BCUT2D eigenvalue weighted by Gasteiger charge is -2.13. The van der Waals surface area contributed by atoms with E-state index >= 15 is 0 Å². The third-order valence-electron chi connectivity index (χ3n) is 2.67. The molecule has 0 fully saturated rings. The van der Waals surface area contributed by atoms with Crippen LogP contribution < -0.4 is 4.87 Å². The quantitative estimate of drug-likeness (QED) is 0.780. The van der Waals surface area contributed by atoms with Gasteiger partial charge in [-0.15, -0.1) is 0 Å². The molecule has 0 amide bonds. The molecule has 0 aliphatic carbocycles. The number of hydrogen-bond acceptors (Lipinski definition) is 2. The lowest BCUT2D eigenvalue weighted by molar-refractivity contribution is 0.837. The van der Waals surface area contributed by atoms with Crippen LogP contribution in [-0.4, -0.2) is 4.57 Å². The molecule has 0 N–H and O–H groups in total. The van der Waals surface area contributed by atoms with Crippen molar-refractivity contribution < 1.29 is 0 Å². The molecule has 0 atom stereocenters. The number of benzene rings is 1. The van der Waals surface area contributed by atoms with Crippen LogP contribution >= 0.6 is 11.3 Å². The molecule has 0 aliphatic heterocycles. The van der Waals surface area contributed by atoms with Crippen molar-refractivity contribution in [3.8, 4) is 5.69 Å². The van der Waals surface area contributed by atoms with Gasteiger partial charge in [-0.2, -0.15) is 0 Å². The van der Waals surface area contributed by atoms with E-state index in [9.17, 15) is 4.79 Å². The van der Waals surface area contributed by atoms with E-state index in [1.807, 2.05) is 30.5 Å². The zero-order chi connectivity index (χ0) is 11.7. The number of aromatic nitrogens is 1. The molecule has 2 rings (SSSR count). The van der Waals surface area contributed by atoms with Crippen LogP contribution in [-0.2, 0) is 0 Å². The van der Waals surface area contributed by atoms with Gasteiger partial charge in [-0.25, -0.2) is 0 Å². The molecule has 16 heavy (non-hydrogen) atoms. The Morgan fingerprint density at radius 2 is 1.94 bits per heavy atom. The highest BCUT2D eigenvalue weighted by atomic mass is 32.1. The Bertz CT molecular complexity index is 551. The van der Waals surface area contributed by atoms with Crippen molar-refractivity contribution >= 4 is 11.3 Å². The first-order chi connectivity index (χ1) is 7.61. The number of hydrogen-bond donors (Lipinski definition) is 0. The fourth-order valence-electron chi connectivity index (χ4n) is 1.85. The first kappa shape index (κ1) is 11.1. The molecule has 1 heterocycles. The number of rotatable bonds is 2. The van der Waals surface area contributed by atoms with E-state index in [2.05, 4.69) is 19.9 Å². The molecule has 0 saturated carbocycles. The normalized spacial score (nSPS) is 11.0. The van der Waals surface area contributed by atoms with Crippen LogP contribution in [0.25, 0.3) is 5.69 Å². The predicted octanol–water partition coefficient (Wildman–Crippen LogP) is 3.33. The molecular formula is C13H15NOS. The first-order valence-electron chi connectivity index (χ1n) is 5.37. The van der Waals surface area contributed by atoms with Gasteiger partial charge < -0.3 is 0 Å². The van der Waals surface area contributed by atoms with Crippen molar-refractivity contribution in [2.24, 2.45) is 0 Å². The summed E-state index contributed by atoms with van der Waals surface area (Å²) < 4.78 is 1.79. The summed E-state index contributed by atoms with van der Waals surface area (Å²) >= 11 is 1.25. The van der Waals surface area contributed by atoms with Crippen LogP contribution in [0.2, 0.25) is 0 Å². The highest BCUT2D eigenvalue weighted by Crippen LogP contribution is 2.23. The molecule has 1 aromatic heterocycles. The number of nitrogens with zero attached hydrogens (tertiary/aromatic N) is 1. The van der Waals surface area contributed by atoms with Crippen molar-refractivity contribution in [3.63, 3.8) is 0 Å². The average molecular weight is 233 g/mol. The summed E-state index contributed by atoms with van der Waals surface area (Å²) in [5.74, 6) is 0.419. The lowest BCUT2D eigenvalue weighted by Crippen LogP contribution is -2.14. The van der Waals surface area contributed by atoms with Gasteiger partial charge in [-0.3, -0.25) is 9.36 Å². The van der Waals surface area contributed by atoms with Crippen molar-refractivity contribution in [3.05, 3.63) is 50.6 Å². The maximum Gasteiger partial charge on any atom is 0.311 e. The molecule has 0 unspecified atom stereocenters. The standard InChI is InChI=1S/C13H15NOS/c1-9(2)11-6-4-5-7-12(11)14-10(3)8-16-13(14)15/h4-9H,1-3H3. The summed E-state index contributed by atoms with van der Waals surface area (Å²) in [5, 5.41) is 1.90. The number of para-hydroxylation sites is 1. The molecule has 0 saturated heterocycles. The Balaban J connectivity index is 2.69. The van der Waals surface area contributed by atoms with Crippen LogP contribution in [0.1, 0.15) is 31.0 Å². The van der Waals surface area contributed by atoms with Crippen molar-refractivity contribution in [2.75, 3.05) is 0 Å². The largest absolute Gasteiger partial charge is 0.311 e. The van der Waals surface area contributed by atoms with Gasteiger partial charge in [0.2, 0.25) is 0 Å². The van der Waals surface area contributed by atoms with Crippen molar-refractivity contribution in [2.45, 2.75) is 26.7 Å². The fraction of sp³-hybridized carbons (Fsp3) is 0.308. The van der Waals surface area contributed by atoms with Gasteiger partial charge in [-0.1, -0.05) is 43.4 Å². The van der Waals surface area contributed by atoms with E-state index < -0.39 is 0 Å². The van der Waals surface area contributed by atoms with Crippen LogP contribution in [0.3, 0.4) is 0 Å². The maximum absolute atomic E-state index is 11.8. The maximum atomic E-state index is 11.8. The minimum atomic E-state index is 0.0885. The summed E-state index contributed by atoms with van der Waals surface area (Å²) in [6.45, 7) is 6.26. The third-order valence-corrected chi connectivity index (χ3v) is 3.51. The first-order valence-corrected chi connectivity index (χ1v) is 6.25. The molecule has 0 aliphatic rings. The second kappa shape index (κ2) is 4.26. The predicted molar refractivity (Wildman–Crippen MR) is 68.7 cm³/mol. The van der Waals surface area contributed by atoms with E-state index in [0.717, 1.165) is 11.4 Å². The van der Waals surface area contributed by atoms with Gasteiger partial charge in [-0.05, 0) is 24.5 Å². The van der Waals surface area contributed by atoms with Gasteiger partial charge >= 0.3 is 4.87 Å². The van der Waals surface area contributed by atoms with E-state index in [4.69, 9.17) is 0 Å². The van der Waals surface area contributed by atoms with Crippen LogP contribution in [0.15, 0.2) is 34.4 Å². The average Bonchev–Trinajstić information content (AvgIpc) is 2.58. The molecule has 3 heteroatoms. The zero-order valence-electron chi connectivity index (χ0n) is 9.73. The van der Waals surface area contributed by atoms with E-state index in [1.54, 1.807) is 4.57 Å². The second-order valence-electron chi connectivity index (χ2n) is 4.19. The SMILES string of the molecule is Cc1csc(=O)n1-c1ccccc1C(C)C. The monoisotopic (exact) mass is 233 g/mol. The Morgan fingerprint density at radius 3 is 2.50 bits per heavy atom.